The second-order valence-electron chi connectivity index (χ2n) is 6.96. The van der Waals surface area contributed by atoms with Gasteiger partial charge in [-0.3, -0.25) is 0 Å². The van der Waals surface area contributed by atoms with Gasteiger partial charge in [0.1, 0.15) is 0 Å². The van der Waals surface area contributed by atoms with Gasteiger partial charge in [0.2, 0.25) is 0 Å². The van der Waals surface area contributed by atoms with E-state index in [2.05, 4.69) is 18.2 Å². The van der Waals surface area contributed by atoms with Gasteiger partial charge in [-0.25, -0.2) is 0 Å². The van der Waals surface area contributed by atoms with Crippen molar-refractivity contribution in [3.63, 3.8) is 0 Å². The molecule has 1 atom stereocenters. The third-order valence-corrected chi connectivity index (χ3v) is 5.66. The molecule has 0 fully saturated rings. The van der Waals surface area contributed by atoms with Crippen LogP contribution in [0.3, 0.4) is 0 Å². The molecule has 0 radical (unpaired) electrons. The van der Waals surface area contributed by atoms with Crippen molar-refractivity contribution in [1.82, 2.24) is 0 Å². The highest BCUT2D eigenvalue weighted by molar-refractivity contribution is 5.92. The fourth-order valence-electron chi connectivity index (χ4n) is 4.25. The first-order chi connectivity index (χ1) is 13.7. The molecule has 3 aromatic rings. The molecule has 130 valence electrons. The number of hydrogen-bond acceptors (Lipinski definition) is 4. The fourth-order valence-corrected chi connectivity index (χ4v) is 4.25. The molecular weight excluding hydrogens is 344 g/mol. The lowest BCUT2D eigenvalue weighted by Crippen LogP contribution is -2.30. The Balaban J connectivity index is 1.85. The minimum Gasteiger partial charge on any atom is -0.196 e. The Kier molecular flexibility index (Phi) is 4.05. The minimum absolute atomic E-state index is 0.280. The molecule has 0 bridgehead atoms. The van der Waals surface area contributed by atoms with Crippen molar-refractivity contribution in [3.8, 4) is 24.3 Å². The van der Waals surface area contributed by atoms with Crippen molar-refractivity contribution in [2.75, 3.05) is 0 Å². The Morgan fingerprint density at radius 1 is 0.821 bits per heavy atom. The summed E-state index contributed by atoms with van der Waals surface area (Å²) in [7, 11) is 0. The maximum Gasteiger partial charge on any atom is 0.175 e. The molecule has 0 saturated carbocycles. The Morgan fingerprint density at radius 3 is 2.07 bits per heavy atom. The van der Waals surface area contributed by atoms with E-state index in [0.717, 1.165) is 21.9 Å². The molecule has 1 aliphatic carbocycles. The Morgan fingerprint density at radius 2 is 1.46 bits per heavy atom. The zero-order valence-corrected chi connectivity index (χ0v) is 14.9. The number of nitriles is 4. The van der Waals surface area contributed by atoms with Crippen LogP contribution in [-0.2, 0) is 11.8 Å². The van der Waals surface area contributed by atoms with Crippen LogP contribution >= 0.6 is 0 Å². The molecular formula is C24H14N4. The topological polar surface area (TPSA) is 95.2 Å². The van der Waals surface area contributed by atoms with Gasteiger partial charge in [-0.05, 0) is 39.4 Å². The molecule has 0 aliphatic heterocycles. The maximum atomic E-state index is 10.1. The van der Waals surface area contributed by atoms with Crippen molar-refractivity contribution in [2.24, 2.45) is 0 Å². The molecule has 0 saturated heterocycles. The summed E-state index contributed by atoms with van der Waals surface area (Å²) in [5.74, 6) is -1.14. The van der Waals surface area contributed by atoms with Crippen LogP contribution in [0.25, 0.3) is 10.8 Å². The van der Waals surface area contributed by atoms with Crippen LogP contribution in [0.1, 0.15) is 34.1 Å². The van der Waals surface area contributed by atoms with Crippen LogP contribution in [0, 0.1) is 45.3 Å². The Hall–Kier alpha value is -4.12. The fraction of sp³-hybridized carbons (Fsp3) is 0.167. The van der Waals surface area contributed by atoms with Crippen molar-refractivity contribution in [1.29, 1.82) is 21.0 Å². The lowest BCUT2D eigenvalue weighted by molar-refractivity contribution is 0.544. The minimum atomic E-state index is -1.35. The molecule has 4 heteroatoms. The molecule has 0 aromatic heterocycles. The highest BCUT2D eigenvalue weighted by atomic mass is 14.5. The van der Waals surface area contributed by atoms with E-state index in [1.807, 2.05) is 42.5 Å². The number of hydrogen-bond donors (Lipinski definition) is 0. The predicted octanol–water partition coefficient (Wildman–Crippen LogP) is 4.60. The second kappa shape index (κ2) is 6.55. The average Bonchev–Trinajstić information content (AvgIpc) is 3.13. The summed E-state index contributed by atoms with van der Waals surface area (Å²) in [6.45, 7) is 0. The lowest BCUT2D eigenvalue weighted by atomic mass is 9.69. The summed E-state index contributed by atoms with van der Waals surface area (Å²) in [4.78, 5) is 0. The van der Waals surface area contributed by atoms with Gasteiger partial charge in [0.25, 0.3) is 0 Å². The molecule has 0 heterocycles. The average molecular weight is 358 g/mol. The SMILES string of the molecule is N#CC(C#N)c1ccc(C(C#N)(C#N)C2Cc3cccc4cccc2c34)cc1. The van der Waals surface area contributed by atoms with Crippen molar-refractivity contribution >= 4 is 10.8 Å². The first-order valence-corrected chi connectivity index (χ1v) is 8.91. The van der Waals surface area contributed by atoms with Crippen LogP contribution in [-0.4, -0.2) is 0 Å². The van der Waals surface area contributed by atoms with Gasteiger partial charge in [0, 0.05) is 5.92 Å². The third kappa shape index (κ3) is 2.34. The molecule has 28 heavy (non-hydrogen) atoms. The molecule has 0 spiro atoms. The van der Waals surface area contributed by atoms with Gasteiger partial charge in [-0.1, -0.05) is 60.7 Å². The van der Waals surface area contributed by atoms with Crippen molar-refractivity contribution in [3.05, 3.63) is 82.9 Å². The van der Waals surface area contributed by atoms with Gasteiger partial charge in [0.15, 0.2) is 11.3 Å². The zero-order chi connectivity index (χ0) is 19.7. The van der Waals surface area contributed by atoms with E-state index in [0.29, 0.717) is 17.5 Å². The summed E-state index contributed by atoms with van der Waals surface area (Å²) in [6.07, 6.45) is 0.624. The summed E-state index contributed by atoms with van der Waals surface area (Å²) in [5, 5.41) is 40.6. The second-order valence-corrected chi connectivity index (χ2v) is 6.96. The zero-order valence-electron chi connectivity index (χ0n) is 14.9. The monoisotopic (exact) mass is 358 g/mol. The smallest absolute Gasteiger partial charge is 0.175 e. The molecule has 3 aromatic carbocycles. The van der Waals surface area contributed by atoms with E-state index in [1.165, 1.54) is 0 Å². The highest BCUT2D eigenvalue weighted by Crippen LogP contribution is 2.48. The van der Waals surface area contributed by atoms with Gasteiger partial charge in [-0.15, -0.1) is 0 Å². The van der Waals surface area contributed by atoms with Crippen LogP contribution in [0.2, 0.25) is 0 Å². The normalized spacial score (nSPS) is 14.8. The molecule has 4 rings (SSSR count). The third-order valence-electron chi connectivity index (χ3n) is 5.66. The first kappa shape index (κ1) is 17.3. The Bertz CT molecular complexity index is 1210. The molecule has 1 aliphatic rings. The van der Waals surface area contributed by atoms with E-state index >= 15 is 0 Å². The van der Waals surface area contributed by atoms with Crippen molar-refractivity contribution in [2.45, 2.75) is 23.7 Å². The lowest BCUT2D eigenvalue weighted by Gasteiger charge is -2.27. The number of benzene rings is 3. The Labute approximate surface area is 163 Å². The van der Waals surface area contributed by atoms with Gasteiger partial charge in [0.05, 0.1) is 24.3 Å². The standard InChI is InChI=1S/C24H14N4/c25-12-19(13-26)16-7-9-20(10-8-16)24(14-27,15-28)22-11-18-5-1-3-17-4-2-6-21(22)23(17)18/h1-10,19,22H,11H2. The summed E-state index contributed by atoms with van der Waals surface area (Å²) < 4.78 is 0. The molecule has 1 unspecified atom stereocenters. The number of rotatable bonds is 3. The highest BCUT2D eigenvalue weighted by Gasteiger charge is 2.45. The van der Waals surface area contributed by atoms with Crippen LogP contribution in [0.15, 0.2) is 60.7 Å². The quantitative estimate of drug-likeness (QED) is 0.684. The van der Waals surface area contributed by atoms with Gasteiger partial charge >= 0.3 is 0 Å². The van der Waals surface area contributed by atoms with E-state index in [1.54, 1.807) is 24.3 Å². The summed E-state index contributed by atoms with van der Waals surface area (Å²) in [5.41, 5.74) is 1.98. The van der Waals surface area contributed by atoms with Crippen molar-refractivity contribution < 1.29 is 0 Å². The van der Waals surface area contributed by atoms with E-state index in [9.17, 15) is 10.5 Å². The molecule has 0 amide bonds. The van der Waals surface area contributed by atoms with Crippen LogP contribution < -0.4 is 0 Å². The number of nitrogens with zero attached hydrogens (tertiary/aromatic N) is 4. The van der Waals surface area contributed by atoms with E-state index < -0.39 is 11.3 Å². The van der Waals surface area contributed by atoms with Crippen LogP contribution in [0.4, 0.5) is 0 Å². The van der Waals surface area contributed by atoms with E-state index in [-0.39, 0.29) is 5.92 Å². The predicted molar refractivity (Wildman–Crippen MR) is 104 cm³/mol. The molecule has 4 nitrogen and oxygen atoms in total. The largest absolute Gasteiger partial charge is 0.196 e. The summed E-state index contributed by atoms with van der Waals surface area (Å²) >= 11 is 0. The molecule has 0 N–H and O–H groups in total. The summed E-state index contributed by atoms with van der Waals surface area (Å²) in [6, 6.07) is 27.3. The maximum absolute atomic E-state index is 10.1. The van der Waals surface area contributed by atoms with E-state index in [4.69, 9.17) is 10.5 Å². The van der Waals surface area contributed by atoms with Gasteiger partial charge in [-0.2, -0.15) is 21.0 Å². The van der Waals surface area contributed by atoms with Gasteiger partial charge < -0.3 is 0 Å². The van der Waals surface area contributed by atoms with Crippen LogP contribution in [0.5, 0.6) is 0 Å². The first-order valence-electron chi connectivity index (χ1n) is 8.91.